The molecule has 1 fully saturated rings. The van der Waals surface area contributed by atoms with Crippen LogP contribution >= 0.6 is 11.3 Å². The summed E-state index contributed by atoms with van der Waals surface area (Å²) in [5, 5.41) is 6.47. The number of alkyl carbamates (subject to hydrolysis) is 1. The first kappa shape index (κ1) is 15.3. The van der Waals surface area contributed by atoms with Crippen molar-refractivity contribution in [3.8, 4) is 0 Å². The van der Waals surface area contributed by atoms with Gasteiger partial charge in [0.05, 0.1) is 0 Å². The van der Waals surface area contributed by atoms with Crippen LogP contribution in [0, 0.1) is 0 Å². The SMILES string of the molecule is CC(C)(C)OC(=O)NC1CCCC1c1csc2ncccc12. The second kappa shape index (κ2) is 5.88. The number of carbonyl (C=O) groups is 1. The van der Waals surface area contributed by atoms with E-state index in [1.54, 1.807) is 11.3 Å². The Morgan fingerprint density at radius 1 is 1.41 bits per heavy atom. The van der Waals surface area contributed by atoms with Gasteiger partial charge in [-0.25, -0.2) is 9.78 Å². The van der Waals surface area contributed by atoms with E-state index in [2.05, 4.69) is 21.7 Å². The van der Waals surface area contributed by atoms with Crippen molar-refractivity contribution < 1.29 is 9.53 Å². The van der Waals surface area contributed by atoms with Gasteiger partial charge in [-0.05, 0) is 50.6 Å². The van der Waals surface area contributed by atoms with E-state index in [4.69, 9.17) is 4.74 Å². The number of aromatic nitrogens is 1. The summed E-state index contributed by atoms with van der Waals surface area (Å²) in [5.74, 6) is 0.352. The van der Waals surface area contributed by atoms with Crippen LogP contribution in [-0.2, 0) is 4.74 Å². The number of nitrogens with zero attached hydrogens (tertiary/aromatic N) is 1. The van der Waals surface area contributed by atoms with Gasteiger partial charge in [0.25, 0.3) is 0 Å². The van der Waals surface area contributed by atoms with Crippen LogP contribution in [0.4, 0.5) is 4.79 Å². The fourth-order valence-electron chi connectivity index (χ4n) is 3.14. The molecule has 118 valence electrons. The highest BCUT2D eigenvalue weighted by atomic mass is 32.1. The molecule has 1 N–H and O–H groups in total. The Morgan fingerprint density at radius 2 is 2.23 bits per heavy atom. The van der Waals surface area contributed by atoms with Crippen LogP contribution in [0.15, 0.2) is 23.7 Å². The molecule has 0 spiro atoms. The van der Waals surface area contributed by atoms with Gasteiger partial charge in [0.15, 0.2) is 0 Å². The highest BCUT2D eigenvalue weighted by molar-refractivity contribution is 7.16. The molecule has 1 amide bonds. The van der Waals surface area contributed by atoms with Crippen LogP contribution < -0.4 is 5.32 Å². The molecular weight excluding hydrogens is 296 g/mol. The molecule has 1 saturated carbocycles. The van der Waals surface area contributed by atoms with E-state index in [0.29, 0.717) is 5.92 Å². The molecule has 0 saturated heterocycles. The number of pyridine rings is 1. The van der Waals surface area contributed by atoms with E-state index in [0.717, 1.165) is 24.1 Å². The second-order valence-corrected chi connectivity index (χ2v) is 7.70. The molecular formula is C17H22N2O2S. The minimum absolute atomic E-state index is 0.146. The molecule has 2 aromatic heterocycles. The zero-order valence-corrected chi connectivity index (χ0v) is 14.1. The Bertz CT molecular complexity index is 675. The monoisotopic (exact) mass is 318 g/mol. The molecule has 3 rings (SSSR count). The summed E-state index contributed by atoms with van der Waals surface area (Å²) >= 11 is 1.68. The van der Waals surface area contributed by atoms with Crippen molar-refractivity contribution in [3.05, 3.63) is 29.3 Å². The highest BCUT2D eigenvalue weighted by Gasteiger charge is 2.32. The van der Waals surface area contributed by atoms with Crippen molar-refractivity contribution in [2.75, 3.05) is 0 Å². The number of thiophene rings is 1. The van der Waals surface area contributed by atoms with Gasteiger partial charge in [-0.15, -0.1) is 11.3 Å². The van der Waals surface area contributed by atoms with Crippen molar-refractivity contribution in [1.29, 1.82) is 0 Å². The number of fused-ring (bicyclic) bond motifs is 1. The average molecular weight is 318 g/mol. The van der Waals surface area contributed by atoms with Gasteiger partial charge in [-0.2, -0.15) is 0 Å². The van der Waals surface area contributed by atoms with Crippen LogP contribution in [0.3, 0.4) is 0 Å². The third-order valence-electron chi connectivity index (χ3n) is 4.00. The van der Waals surface area contributed by atoms with E-state index >= 15 is 0 Å². The molecule has 1 aliphatic rings. The lowest BCUT2D eigenvalue weighted by Gasteiger charge is -2.24. The first-order valence-electron chi connectivity index (χ1n) is 7.76. The molecule has 1 aliphatic carbocycles. The van der Waals surface area contributed by atoms with Gasteiger partial charge < -0.3 is 10.1 Å². The van der Waals surface area contributed by atoms with Gasteiger partial charge in [-0.3, -0.25) is 0 Å². The Balaban J connectivity index is 1.77. The van der Waals surface area contributed by atoms with Gasteiger partial charge in [-0.1, -0.05) is 12.5 Å². The first-order valence-corrected chi connectivity index (χ1v) is 8.63. The normalized spacial score (nSPS) is 22.0. The lowest BCUT2D eigenvalue weighted by molar-refractivity contribution is 0.0501. The van der Waals surface area contributed by atoms with Crippen molar-refractivity contribution in [2.45, 2.75) is 57.6 Å². The maximum atomic E-state index is 12.1. The lowest BCUT2D eigenvalue weighted by Crippen LogP contribution is -2.40. The summed E-state index contributed by atoms with van der Waals surface area (Å²) in [6, 6.07) is 4.24. The van der Waals surface area contributed by atoms with Crippen LogP contribution in [0.5, 0.6) is 0 Å². The molecule has 0 radical (unpaired) electrons. The molecule has 0 bridgehead atoms. The van der Waals surface area contributed by atoms with Gasteiger partial charge in [0, 0.05) is 23.5 Å². The second-order valence-electron chi connectivity index (χ2n) is 6.84. The summed E-state index contributed by atoms with van der Waals surface area (Å²) in [5.41, 5.74) is 0.851. The fraction of sp³-hybridized carbons (Fsp3) is 0.529. The number of ether oxygens (including phenoxy) is 1. The maximum absolute atomic E-state index is 12.1. The standard InChI is InChI=1S/C17H22N2O2S/c1-17(2,3)21-16(20)19-14-8-4-6-11(14)13-10-22-15-12(13)7-5-9-18-15/h5,7,9-11,14H,4,6,8H2,1-3H3,(H,19,20). The molecule has 2 aromatic rings. The first-order chi connectivity index (χ1) is 10.4. The molecule has 2 unspecified atom stereocenters. The number of hydrogen-bond acceptors (Lipinski definition) is 4. The van der Waals surface area contributed by atoms with Crippen molar-refractivity contribution in [3.63, 3.8) is 0 Å². The Morgan fingerprint density at radius 3 is 3.00 bits per heavy atom. The molecule has 4 nitrogen and oxygen atoms in total. The minimum Gasteiger partial charge on any atom is -0.444 e. The Kier molecular flexibility index (Phi) is 4.08. The van der Waals surface area contributed by atoms with E-state index in [9.17, 15) is 4.79 Å². The van der Waals surface area contributed by atoms with Crippen LogP contribution in [0.25, 0.3) is 10.2 Å². The maximum Gasteiger partial charge on any atom is 0.407 e. The van der Waals surface area contributed by atoms with Gasteiger partial charge in [0.2, 0.25) is 0 Å². The van der Waals surface area contributed by atoms with E-state index in [1.807, 2.05) is 33.0 Å². The van der Waals surface area contributed by atoms with Crippen LogP contribution in [0.1, 0.15) is 51.5 Å². The predicted octanol–water partition coefficient (Wildman–Crippen LogP) is 4.46. The average Bonchev–Trinajstić information content (AvgIpc) is 3.02. The highest BCUT2D eigenvalue weighted by Crippen LogP contribution is 2.40. The quantitative estimate of drug-likeness (QED) is 0.889. The zero-order valence-electron chi connectivity index (χ0n) is 13.3. The molecule has 0 aliphatic heterocycles. The number of rotatable bonds is 2. The smallest absolute Gasteiger partial charge is 0.407 e. The molecule has 2 atom stereocenters. The summed E-state index contributed by atoms with van der Waals surface area (Å²) in [6.45, 7) is 5.66. The van der Waals surface area contributed by atoms with E-state index < -0.39 is 5.60 Å². The third kappa shape index (κ3) is 3.24. The van der Waals surface area contributed by atoms with E-state index in [1.165, 1.54) is 10.9 Å². The number of amides is 1. The summed E-state index contributed by atoms with van der Waals surface area (Å²) in [4.78, 5) is 17.5. The fourth-order valence-corrected chi connectivity index (χ4v) is 4.11. The molecule has 0 aromatic carbocycles. The topological polar surface area (TPSA) is 51.2 Å². The third-order valence-corrected chi connectivity index (χ3v) is 4.92. The molecule has 5 heteroatoms. The van der Waals surface area contributed by atoms with Gasteiger partial charge in [0.1, 0.15) is 10.4 Å². The van der Waals surface area contributed by atoms with Crippen LogP contribution in [-0.4, -0.2) is 22.7 Å². The van der Waals surface area contributed by atoms with Gasteiger partial charge >= 0.3 is 6.09 Å². The van der Waals surface area contributed by atoms with Crippen molar-refractivity contribution in [2.24, 2.45) is 0 Å². The summed E-state index contributed by atoms with van der Waals surface area (Å²) in [7, 11) is 0. The molecule has 2 heterocycles. The van der Waals surface area contributed by atoms with Crippen molar-refractivity contribution >= 4 is 27.6 Å². The van der Waals surface area contributed by atoms with Crippen molar-refractivity contribution in [1.82, 2.24) is 10.3 Å². The Labute approximate surface area is 134 Å². The summed E-state index contributed by atoms with van der Waals surface area (Å²) < 4.78 is 5.39. The molecule has 22 heavy (non-hydrogen) atoms. The zero-order chi connectivity index (χ0) is 15.7. The lowest BCUT2D eigenvalue weighted by atomic mass is 9.94. The number of nitrogens with one attached hydrogen (secondary N) is 1. The van der Waals surface area contributed by atoms with E-state index in [-0.39, 0.29) is 12.1 Å². The predicted molar refractivity (Wildman–Crippen MR) is 89.4 cm³/mol. The van der Waals surface area contributed by atoms with Crippen LogP contribution in [0.2, 0.25) is 0 Å². The Hall–Kier alpha value is -1.62. The summed E-state index contributed by atoms with van der Waals surface area (Å²) in [6.07, 6.45) is 4.74. The number of carbonyl (C=O) groups excluding carboxylic acids is 1. The minimum atomic E-state index is -0.461. The largest absolute Gasteiger partial charge is 0.444 e. The number of hydrogen-bond donors (Lipinski definition) is 1.